The monoisotopic (exact) mass is 824 g/mol. The lowest BCUT2D eigenvalue weighted by molar-refractivity contribution is -0.288. The molecule has 7 rings (SSSR count). The highest BCUT2D eigenvalue weighted by molar-refractivity contribution is 6.34. The summed E-state index contributed by atoms with van der Waals surface area (Å²) in [6, 6.07) is 10.5. The van der Waals surface area contributed by atoms with Gasteiger partial charge in [0.1, 0.15) is 36.6 Å². The highest BCUT2D eigenvalue weighted by atomic mass is 35.5. The minimum absolute atomic E-state index is 0.0645. The van der Waals surface area contributed by atoms with E-state index in [9.17, 15) is 24.0 Å². The Kier molecular flexibility index (Phi) is 13.7. The molecule has 58 heavy (non-hydrogen) atoms. The summed E-state index contributed by atoms with van der Waals surface area (Å²) in [6.45, 7) is 4.30. The topological polar surface area (TPSA) is 168 Å². The van der Waals surface area contributed by atoms with Crippen LogP contribution in [0.1, 0.15) is 76.5 Å². The molecule has 5 aliphatic rings. The second-order valence-electron chi connectivity index (χ2n) is 15.1. The lowest BCUT2D eigenvalue weighted by Gasteiger charge is -2.51. The second kappa shape index (κ2) is 18.7. The largest absolute Gasteiger partial charge is 0.496 e. The highest BCUT2D eigenvalue weighted by Gasteiger charge is 2.53. The Bertz CT molecular complexity index is 1910. The molecule has 0 N–H and O–H groups in total. The van der Waals surface area contributed by atoms with E-state index in [0.29, 0.717) is 33.7 Å². The Morgan fingerprint density at radius 1 is 0.741 bits per heavy atom. The summed E-state index contributed by atoms with van der Waals surface area (Å²) in [5.41, 5.74) is 3.34. The van der Waals surface area contributed by atoms with E-state index in [2.05, 4.69) is 0 Å². The van der Waals surface area contributed by atoms with Crippen molar-refractivity contribution in [1.82, 2.24) is 0 Å². The van der Waals surface area contributed by atoms with Crippen LogP contribution in [0, 0.1) is 23.7 Å². The van der Waals surface area contributed by atoms with Crippen molar-refractivity contribution in [3.63, 3.8) is 0 Å². The molecule has 2 aromatic carbocycles. The summed E-state index contributed by atoms with van der Waals surface area (Å²) < 4.78 is 51.1. The highest BCUT2D eigenvalue weighted by Crippen LogP contribution is 2.58. The number of allylic oxidation sites excluding steroid dienone is 1. The van der Waals surface area contributed by atoms with Gasteiger partial charge in [-0.15, -0.1) is 0 Å². The summed E-state index contributed by atoms with van der Waals surface area (Å²) in [7, 11) is 2.98. The van der Waals surface area contributed by atoms with Crippen LogP contribution < -0.4 is 9.47 Å². The van der Waals surface area contributed by atoms with Crippen molar-refractivity contribution >= 4 is 53.3 Å². The fourth-order valence-electron chi connectivity index (χ4n) is 8.93. The molecule has 4 aliphatic carbocycles. The van der Waals surface area contributed by atoms with Gasteiger partial charge in [-0.25, -0.2) is 4.79 Å². The predicted molar refractivity (Wildman–Crippen MR) is 207 cm³/mol. The molecule has 5 fully saturated rings. The van der Waals surface area contributed by atoms with Gasteiger partial charge in [0.25, 0.3) is 0 Å². The van der Waals surface area contributed by atoms with Crippen LogP contribution in [0.4, 0.5) is 0 Å². The molecule has 0 aromatic heterocycles. The van der Waals surface area contributed by atoms with Crippen molar-refractivity contribution < 1.29 is 66.6 Å². The maximum atomic E-state index is 12.2. The van der Waals surface area contributed by atoms with Gasteiger partial charge in [-0.1, -0.05) is 29.8 Å². The van der Waals surface area contributed by atoms with Crippen LogP contribution in [0.15, 0.2) is 48.0 Å². The number of ether oxygens (including phenoxy) is 9. The molecule has 5 atom stereocenters. The fraction of sp³-hybridized carbons (Fsp3) is 0.512. The van der Waals surface area contributed by atoms with E-state index < -0.39 is 60.6 Å². The lowest BCUT2D eigenvalue weighted by atomic mass is 9.54. The molecule has 0 unspecified atom stereocenters. The molecule has 1 heterocycles. The van der Waals surface area contributed by atoms with Crippen LogP contribution in [-0.2, 0) is 63.7 Å². The van der Waals surface area contributed by atoms with Gasteiger partial charge in [-0.3, -0.25) is 19.2 Å². The van der Waals surface area contributed by atoms with E-state index >= 15 is 0 Å². The van der Waals surface area contributed by atoms with E-state index in [1.165, 1.54) is 57.8 Å². The number of halogens is 1. The first-order valence-electron chi connectivity index (χ1n) is 19.3. The quantitative estimate of drug-likeness (QED) is 0.0891. The van der Waals surface area contributed by atoms with E-state index in [-0.39, 0.29) is 19.0 Å². The first-order chi connectivity index (χ1) is 27.7. The Labute approximate surface area is 342 Å². The molecule has 312 valence electrons. The third kappa shape index (κ3) is 9.95. The first kappa shape index (κ1) is 42.5. The van der Waals surface area contributed by atoms with Crippen molar-refractivity contribution in [2.24, 2.45) is 23.7 Å². The number of methoxy groups -OCH3 is 2. The van der Waals surface area contributed by atoms with Crippen LogP contribution in [0.25, 0.3) is 11.8 Å². The van der Waals surface area contributed by atoms with Gasteiger partial charge >= 0.3 is 29.8 Å². The minimum Gasteiger partial charge on any atom is -0.496 e. The van der Waals surface area contributed by atoms with Gasteiger partial charge < -0.3 is 42.6 Å². The van der Waals surface area contributed by atoms with E-state index in [1.807, 2.05) is 12.1 Å². The van der Waals surface area contributed by atoms with Gasteiger partial charge in [-0.05, 0) is 91.2 Å². The number of hydrogen-bond acceptors (Lipinski definition) is 14. The average molecular weight is 825 g/mol. The van der Waals surface area contributed by atoms with Crippen LogP contribution in [0.5, 0.6) is 11.5 Å². The van der Waals surface area contributed by atoms with Gasteiger partial charge in [0.15, 0.2) is 12.2 Å². The Morgan fingerprint density at radius 3 is 1.91 bits per heavy atom. The van der Waals surface area contributed by atoms with Crippen LogP contribution in [0.3, 0.4) is 0 Å². The van der Waals surface area contributed by atoms with Crippen molar-refractivity contribution in [2.75, 3.05) is 20.8 Å². The van der Waals surface area contributed by atoms with E-state index in [4.69, 9.17) is 54.2 Å². The van der Waals surface area contributed by atoms with Gasteiger partial charge in [0.2, 0.25) is 12.4 Å². The zero-order valence-corrected chi connectivity index (χ0v) is 34.1. The van der Waals surface area contributed by atoms with Crippen molar-refractivity contribution in [3.8, 4) is 11.5 Å². The normalized spacial score (nSPS) is 27.0. The molecule has 1 saturated heterocycles. The van der Waals surface area contributed by atoms with Crippen LogP contribution >= 0.6 is 11.6 Å². The van der Waals surface area contributed by atoms with E-state index in [1.54, 1.807) is 37.5 Å². The molecule has 0 radical (unpaired) electrons. The SMILES string of the molecule is COC(=O)/C=C/c1ccc(C(OC)=C2C3CC4CC(C3)CC2C4)c(Cl)c1OCc1ccc(O[C@@H]2O[C@H](COC(C)=O)[C@H](OC(C)=O)[C@H](OC(C)=O)[C@H]2OC(C)=O)cc1. The number of hydrogen-bond donors (Lipinski definition) is 0. The minimum atomic E-state index is -1.40. The summed E-state index contributed by atoms with van der Waals surface area (Å²) in [4.78, 5) is 60.3. The smallest absolute Gasteiger partial charge is 0.330 e. The third-order valence-electron chi connectivity index (χ3n) is 11.0. The molecule has 1 aliphatic heterocycles. The fourth-order valence-corrected chi connectivity index (χ4v) is 9.25. The molecular formula is C43H49ClO14. The third-order valence-corrected chi connectivity index (χ3v) is 11.3. The van der Waals surface area contributed by atoms with Crippen molar-refractivity contribution in [1.29, 1.82) is 0 Å². The second-order valence-corrected chi connectivity index (χ2v) is 15.5. The molecule has 0 amide bonds. The maximum Gasteiger partial charge on any atom is 0.330 e. The molecule has 4 saturated carbocycles. The predicted octanol–water partition coefficient (Wildman–Crippen LogP) is 6.38. The summed E-state index contributed by atoms with van der Waals surface area (Å²) in [5.74, 6) is 0.476. The Hall–Kier alpha value is -5.08. The number of carbonyl (C=O) groups is 5. The Morgan fingerprint density at radius 2 is 1.34 bits per heavy atom. The first-order valence-corrected chi connectivity index (χ1v) is 19.7. The number of esters is 5. The van der Waals surface area contributed by atoms with Crippen LogP contribution in [-0.4, -0.2) is 81.4 Å². The number of carbonyl (C=O) groups excluding carboxylic acids is 5. The maximum absolute atomic E-state index is 12.2. The summed E-state index contributed by atoms with van der Waals surface area (Å²) >= 11 is 7.19. The molecular weight excluding hydrogens is 776 g/mol. The zero-order valence-electron chi connectivity index (χ0n) is 33.4. The van der Waals surface area contributed by atoms with Crippen molar-refractivity contribution in [3.05, 3.63) is 69.8 Å². The molecule has 0 spiro atoms. The molecule has 15 heteroatoms. The van der Waals surface area contributed by atoms with Gasteiger partial charge in [-0.2, -0.15) is 0 Å². The summed E-state index contributed by atoms with van der Waals surface area (Å²) in [5, 5.41) is 0.355. The van der Waals surface area contributed by atoms with Crippen LogP contribution in [0.2, 0.25) is 5.02 Å². The number of benzene rings is 2. The molecule has 4 bridgehead atoms. The molecule has 14 nitrogen and oxygen atoms in total. The van der Waals surface area contributed by atoms with E-state index in [0.717, 1.165) is 43.9 Å². The van der Waals surface area contributed by atoms with Gasteiger partial charge in [0, 0.05) is 44.9 Å². The zero-order chi connectivity index (χ0) is 41.7. The van der Waals surface area contributed by atoms with Crippen molar-refractivity contribution in [2.45, 2.75) is 97.1 Å². The standard InChI is InChI=1S/C43H49ClO14/c1-22(45)52-21-34-40(54-23(2)46)41(55-24(3)47)42(56-25(4)48)43(58-34)57-32-11-7-26(8-12-32)20-53-38-29(10-14-35(49)50-5)9-13-33(37(38)44)39(51-6)36-30-16-27-15-28(18-30)19-31(36)17-27/h7-14,27-28,30-31,34,40-43H,15-21H2,1-6H3/b14-10+,39-36?/t27?,28?,30?,31?,34-,40+,41+,42-,43-/m1/s1. The average Bonchev–Trinajstić information content (AvgIpc) is 3.16. The Balaban J connectivity index is 1.25. The molecule has 2 aromatic rings. The van der Waals surface area contributed by atoms with Gasteiger partial charge in [0.05, 0.1) is 19.2 Å². The number of rotatable bonds is 14. The lowest BCUT2D eigenvalue weighted by Crippen LogP contribution is -2.63. The summed E-state index contributed by atoms with van der Waals surface area (Å²) in [6.07, 6.45) is 2.25.